The topological polar surface area (TPSA) is 50.8 Å². The molecule has 25 heavy (non-hydrogen) atoms. The molecule has 1 N–H and O–H groups in total. The van der Waals surface area contributed by atoms with Gasteiger partial charge in [0.15, 0.2) is 0 Å². The second-order valence-electron chi connectivity index (χ2n) is 6.26. The SMILES string of the molecule is COc1ccc(OC)c(C2CCCN2C(=O)Nc2ccc(C)cc2)c1. The summed E-state index contributed by atoms with van der Waals surface area (Å²) in [4.78, 5) is 14.7. The second kappa shape index (κ2) is 7.47. The molecular formula is C20H24N2O3. The van der Waals surface area contributed by atoms with Crippen LogP contribution in [0.25, 0.3) is 0 Å². The van der Waals surface area contributed by atoms with Crippen molar-refractivity contribution in [2.45, 2.75) is 25.8 Å². The van der Waals surface area contributed by atoms with Gasteiger partial charge in [-0.2, -0.15) is 0 Å². The van der Waals surface area contributed by atoms with Crippen molar-refractivity contribution in [2.75, 3.05) is 26.1 Å². The summed E-state index contributed by atoms with van der Waals surface area (Å²) < 4.78 is 10.8. The Balaban J connectivity index is 1.82. The molecule has 1 heterocycles. The number of benzene rings is 2. The summed E-state index contributed by atoms with van der Waals surface area (Å²) in [6.07, 6.45) is 1.87. The van der Waals surface area contributed by atoms with Gasteiger partial charge in [0.2, 0.25) is 0 Å². The Morgan fingerprint density at radius 2 is 1.88 bits per heavy atom. The summed E-state index contributed by atoms with van der Waals surface area (Å²) in [6, 6.07) is 13.4. The van der Waals surface area contributed by atoms with Crippen LogP contribution >= 0.6 is 0 Å². The highest BCUT2D eigenvalue weighted by Gasteiger charge is 2.32. The van der Waals surface area contributed by atoms with Crippen molar-refractivity contribution >= 4 is 11.7 Å². The molecule has 2 aromatic rings. The molecule has 1 unspecified atom stereocenters. The zero-order chi connectivity index (χ0) is 17.8. The molecule has 1 fully saturated rings. The second-order valence-corrected chi connectivity index (χ2v) is 6.26. The Kier molecular flexibility index (Phi) is 5.12. The Hall–Kier alpha value is -2.69. The van der Waals surface area contributed by atoms with Gasteiger partial charge in [0.1, 0.15) is 11.5 Å². The molecule has 0 spiro atoms. The van der Waals surface area contributed by atoms with E-state index in [-0.39, 0.29) is 12.1 Å². The smallest absolute Gasteiger partial charge is 0.322 e. The number of amides is 2. The van der Waals surface area contributed by atoms with Crippen LogP contribution in [0.5, 0.6) is 11.5 Å². The van der Waals surface area contributed by atoms with Crippen LogP contribution in [-0.2, 0) is 0 Å². The van der Waals surface area contributed by atoms with Crippen molar-refractivity contribution in [3.05, 3.63) is 53.6 Å². The fourth-order valence-electron chi connectivity index (χ4n) is 3.27. The van der Waals surface area contributed by atoms with Crippen LogP contribution in [-0.4, -0.2) is 31.7 Å². The van der Waals surface area contributed by atoms with Crippen LogP contribution in [0.2, 0.25) is 0 Å². The summed E-state index contributed by atoms with van der Waals surface area (Å²) in [5.74, 6) is 1.54. The van der Waals surface area contributed by atoms with Crippen molar-refractivity contribution in [1.29, 1.82) is 0 Å². The van der Waals surface area contributed by atoms with Gasteiger partial charge in [-0.05, 0) is 50.1 Å². The van der Waals surface area contributed by atoms with E-state index in [1.807, 2.05) is 54.3 Å². The quantitative estimate of drug-likeness (QED) is 0.898. The molecule has 2 amide bonds. The van der Waals surface area contributed by atoms with Crippen LogP contribution in [0, 0.1) is 6.92 Å². The highest BCUT2D eigenvalue weighted by atomic mass is 16.5. The van der Waals surface area contributed by atoms with Gasteiger partial charge in [0.05, 0.1) is 20.3 Å². The van der Waals surface area contributed by atoms with Crippen LogP contribution in [0.1, 0.15) is 30.0 Å². The maximum atomic E-state index is 12.8. The van der Waals surface area contributed by atoms with Crippen molar-refractivity contribution in [2.24, 2.45) is 0 Å². The van der Waals surface area contributed by atoms with E-state index in [1.54, 1.807) is 14.2 Å². The van der Waals surface area contributed by atoms with Gasteiger partial charge in [-0.25, -0.2) is 4.79 Å². The number of urea groups is 1. The van der Waals surface area contributed by atoms with Gasteiger partial charge in [0, 0.05) is 17.8 Å². The van der Waals surface area contributed by atoms with E-state index in [4.69, 9.17) is 9.47 Å². The van der Waals surface area contributed by atoms with Gasteiger partial charge >= 0.3 is 6.03 Å². The third kappa shape index (κ3) is 3.71. The lowest BCUT2D eigenvalue weighted by molar-refractivity contribution is 0.206. The summed E-state index contributed by atoms with van der Waals surface area (Å²) in [5, 5.41) is 2.99. The highest BCUT2D eigenvalue weighted by Crippen LogP contribution is 2.39. The molecule has 0 bridgehead atoms. The average Bonchev–Trinajstić information content (AvgIpc) is 3.12. The normalized spacial score (nSPS) is 16.6. The predicted octanol–water partition coefficient (Wildman–Crippen LogP) is 4.38. The number of nitrogens with one attached hydrogen (secondary N) is 1. The summed E-state index contributed by atoms with van der Waals surface area (Å²) in [7, 11) is 3.29. The van der Waals surface area contributed by atoms with Gasteiger partial charge in [-0.15, -0.1) is 0 Å². The summed E-state index contributed by atoms with van der Waals surface area (Å²) in [5.41, 5.74) is 2.95. The lowest BCUT2D eigenvalue weighted by Crippen LogP contribution is -2.34. The zero-order valence-corrected chi connectivity index (χ0v) is 14.9. The number of hydrogen-bond donors (Lipinski definition) is 1. The first-order valence-electron chi connectivity index (χ1n) is 8.48. The largest absolute Gasteiger partial charge is 0.497 e. The molecule has 5 heteroatoms. The Bertz CT molecular complexity index is 743. The van der Waals surface area contributed by atoms with E-state index in [9.17, 15) is 4.79 Å². The van der Waals surface area contributed by atoms with Gasteiger partial charge in [-0.3, -0.25) is 0 Å². The Morgan fingerprint density at radius 3 is 2.56 bits per heavy atom. The maximum Gasteiger partial charge on any atom is 0.322 e. The molecule has 5 nitrogen and oxygen atoms in total. The van der Waals surface area contributed by atoms with Gasteiger partial charge < -0.3 is 19.7 Å². The molecule has 1 saturated heterocycles. The minimum absolute atomic E-state index is 0.0181. The van der Waals surface area contributed by atoms with Crippen molar-refractivity contribution in [3.63, 3.8) is 0 Å². The standard InChI is InChI=1S/C20H24N2O3/c1-14-6-8-15(9-7-14)21-20(23)22-12-4-5-18(22)17-13-16(24-2)10-11-19(17)25-3/h6-11,13,18H,4-5,12H2,1-3H3,(H,21,23). The Labute approximate surface area is 148 Å². The van der Waals surface area contributed by atoms with E-state index in [2.05, 4.69) is 5.32 Å². The minimum Gasteiger partial charge on any atom is -0.497 e. The number of nitrogens with zero attached hydrogens (tertiary/aromatic N) is 1. The summed E-state index contributed by atoms with van der Waals surface area (Å²) in [6.45, 7) is 2.75. The fraction of sp³-hybridized carbons (Fsp3) is 0.350. The Morgan fingerprint density at radius 1 is 1.12 bits per heavy atom. The first-order chi connectivity index (χ1) is 12.1. The summed E-state index contributed by atoms with van der Waals surface area (Å²) >= 11 is 0. The van der Waals surface area contributed by atoms with E-state index in [0.29, 0.717) is 0 Å². The fourth-order valence-corrected chi connectivity index (χ4v) is 3.27. The lowest BCUT2D eigenvalue weighted by atomic mass is 10.0. The van der Waals surface area contributed by atoms with Crippen molar-refractivity contribution in [3.8, 4) is 11.5 Å². The van der Waals surface area contributed by atoms with E-state index in [1.165, 1.54) is 0 Å². The zero-order valence-electron chi connectivity index (χ0n) is 14.9. The van der Waals surface area contributed by atoms with E-state index in [0.717, 1.165) is 47.7 Å². The number of methoxy groups -OCH3 is 2. The average molecular weight is 340 g/mol. The van der Waals surface area contributed by atoms with E-state index >= 15 is 0 Å². The van der Waals surface area contributed by atoms with Crippen LogP contribution in [0.15, 0.2) is 42.5 Å². The number of anilines is 1. The number of carbonyl (C=O) groups is 1. The monoisotopic (exact) mass is 340 g/mol. The third-order valence-corrected chi connectivity index (χ3v) is 4.61. The highest BCUT2D eigenvalue weighted by molar-refractivity contribution is 5.89. The van der Waals surface area contributed by atoms with Gasteiger partial charge in [-0.1, -0.05) is 17.7 Å². The first kappa shape index (κ1) is 17.1. The third-order valence-electron chi connectivity index (χ3n) is 4.61. The molecule has 0 aromatic heterocycles. The molecule has 1 atom stereocenters. The molecule has 0 radical (unpaired) electrons. The number of carbonyl (C=O) groups excluding carboxylic acids is 1. The molecule has 2 aromatic carbocycles. The molecule has 0 saturated carbocycles. The molecule has 3 rings (SSSR count). The molecule has 1 aliphatic heterocycles. The predicted molar refractivity (Wildman–Crippen MR) is 98.4 cm³/mol. The van der Waals surface area contributed by atoms with E-state index < -0.39 is 0 Å². The lowest BCUT2D eigenvalue weighted by Gasteiger charge is -2.27. The van der Waals surface area contributed by atoms with Crippen LogP contribution in [0.3, 0.4) is 0 Å². The van der Waals surface area contributed by atoms with Crippen LogP contribution < -0.4 is 14.8 Å². The molecule has 0 aliphatic carbocycles. The molecular weight excluding hydrogens is 316 g/mol. The first-order valence-corrected chi connectivity index (χ1v) is 8.48. The number of likely N-dealkylation sites (tertiary alicyclic amines) is 1. The molecule has 1 aliphatic rings. The molecule has 132 valence electrons. The maximum absolute atomic E-state index is 12.8. The van der Waals surface area contributed by atoms with Crippen molar-refractivity contribution in [1.82, 2.24) is 4.90 Å². The number of aryl methyl sites for hydroxylation is 1. The minimum atomic E-state index is -0.0868. The van der Waals surface area contributed by atoms with Gasteiger partial charge in [0.25, 0.3) is 0 Å². The number of ether oxygens (including phenoxy) is 2. The van der Waals surface area contributed by atoms with Crippen LogP contribution in [0.4, 0.5) is 10.5 Å². The van der Waals surface area contributed by atoms with Crippen molar-refractivity contribution < 1.29 is 14.3 Å². The number of rotatable bonds is 4. The number of hydrogen-bond acceptors (Lipinski definition) is 3.